The third kappa shape index (κ3) is 5.19. The van der Waals surface area contributed by atoms with E-state index in [-0.39, 0.29) is 11.9 Å². The fourth-order valence-corrected chi connectivity index (χ4v) is 0.960. The summed E-state index contributed by atoms with van der Waals surface area (Å²) in [4.78, 5) is 11.3. The summed E-state index contributed by atoms with van der Waals surface area (Å²) in [5.74, 6) is 0.229. The van der Waals surface area contributed by atoms with Crippen molar-refractivity contribution in [2.75, 3.05) is 13.2 Å². The Kier molecular flexibility index (Phi) is 6.49. The van der Waals surface area contributed by atoms with E-state index in [1.165, 1.54) is 0 Å². The van der Waals surface area contributed by atoms with Gasteiger partial charge in [-0.1, -0.05) is 13.8 Å². The maximum atomic E-state index is 11.3. The number of hydrogen-bond donors (Lipinski definition) is 2. The molecular weight excluding hydrogens is 180 g/mol. The SMILES string of the molecule is CCOCC(NC(=O)[C@H](C)N)C(C)C. The topological polar surface area (TPSA) is 64.3 Å². The molecule has 0 saturated heterocycles. The molecular formula is C10H22N2O2. The number of nitrogens with two attached hydrogens (primary N) is 1. The van der Waals surface area contributed by atoms with Crippen molar-refractivity contribution in [1.29, 1.82) is 0 Å². The van der Waals surface area contributed by atoms with Crippen LogP contribution >= 0.6 is 0 Å². The minimum absolute atomic E-state index is 0.0495. The lowest BCUT2D eigenvalue weighted by Crippen LogP contribution is -2.48. The average molecular weight is 202 g/mol. The zero-order valence-corrected chi connectivity index (χ0v) is 9.54. The van der Waals surface area contributed by atoms with Gasteiger partial charge >= 0.3 is 0 Å². The molecule has 0 spiro atoms. The average Bonchev–Trinajstić information content (AvgIpc) is 2.10. The molecule has 0 aliphatic heterocycles. The quantitative estimate of drug-likeness (QED) is 0.659. The maximum absolute atomic E-state index is 11.3. The number of hydrogen-bond acceptors (Lipinski definition) is 3. The van der Waals surface area contributed by atoms with E-state index < -0.39 is 6.04 Å². The molecule has 0 aliphatic carbocycles. The Morgan fingerprint density at radius 2 is 2.00 bits per heavy atom. The molecule has 2 atom stereocenters. The van der Waals surface area contributed by atoms with Crippen molar-refractivity contribution in [2.45, 2.75) is 39.8 Å². The van der Waals surface area contributed by atoms with E-state index in [0.717, 1.165) is 0 Å². The van der Waals surface area contributed by atoms with E-state index >= 15 is 0 Å². The van der Waals surface area contributed by atoms with Crippen LogP contribution in [0.4, 0.5) is 0 Å². The molecule has 0 saturated carbocycles. The van der Waals surface area contributed by atoms with Crippen molar-refractivity contribution in [1.82, 2.24) is 5.32 Å². The molecule has 0 aromatic rings. The zero-order valence-electron chi connectivity index (χ0n) is 9.54. The summed E-state index contributed by atoms with van der Waals surface area (Å²) < 4.78 is 5.28. The van der Waals surface area contributed by atoms with Crippen LogP contribution in [0.1, 0.15) is 27.7 Å². The highest BCUT2D eigenvalue weighted by atomic mass is 16.5. The van der Waals surface area contributed by atoms with Crippen LogP contribution in [0.2, 0.25) is 0 Å². The van der Waals surface area contributed by atoms with Crippen LogP contribution in [-0.2, 0) is 9.53 Å². The van der Waals surface area contributed by atoms with Gasteiger partial charge in [0.25, 0.3) is 0 Å². The number of carbonyl (C=O) groups is 1. The number of rotatable bonds is 6. The number of carbonyl (C=O) groups excluding carboxylic acids is 1. The second-order valence-corrected chi connectivity index (χ2v) is 3.81. The minimum Gasteiger partial charge on any atom is -0.380 e. The molecule has 4 nitrogen and oxygen atoms in total. The van der Waals surface area contributed by atoms with E-state index in [2.05, 4.69) is 5.32 Å². The van der Waals surface area contributed by atoms with E-state index in [4.69, 9.17) is 10.5 Å². The van der Waals surface area contributed by atoms with Gasteiger partial charge in [-0.15, -0.1) is 0 Å². The normalized spacial score (nSPS) is 15.3. The summed E-state index contributed by atoms with van der Waals surface area (Å²) in [7, 11) is 0. The molecule has 4 heteroatoms. The standard InChI is InChI=1S/C10H22N2O2/c1-5-14-6-9(7(2)3)12-10(13)8(4)11/h7-9H,5-6,11H2,1-4H3,(H,12,13)/t8-,9?/m0/s1. The van der Waals surface area contributed by atoms with Gasteiger partial charge in [-0.05, 0) is 19.8 Å². The second-order valence-electron chi connectivity index (χ2n) is 3.81. The van der Waals surface area contributed by atoms with E-state index in [1.54, 1.807) is 6.92 Å². The van der Waals surface area contributed by atoms with Gasteiger partial charge in [0.05, 0.1) is 18.7 Å². The number of nitrogens with one attached hydrogen (secondary N) is 1. The highest BCUT2D eigenvalue weighted by Crippen LogP contribution is 2.02. The van der Waals surface area contributed by atoms with Crippen LogP contribution in [-0.4, -0.2) is 31.2 Å². The van der Waals surface area contributed by atoms with Crippen molar-refractivity contribution in [3.63, 3.8) is 0 Å². The van der Waals surface area contributed by atoms with Gasteiger partial charge in [0.15, 0.2) is 0 Å². The summed E-state index contributed by atoms with van der Waals surface area (Å²) in [5.41, 5.74) is 5.46. The van der Waals surface area contributed by atoms with Crippen LogP contribution < -0.4 is 11.1 Å². The van der Waals surface area contributed by atoms with Crippen LogP contribution in [0.5, 0.6) is 0 Å². The first-order chi connectivity index (χ1) is 6.49. The van der Waals surface area contributed by atoms with Gasteiger partial charge in [0, 0.05) is 6.61 Å². The van der Waals surface area contributed by atoms with Gasteiger partial charge in [0.1, 0.15) is 0 Å². The monoisotopic (exact) mass is 202 g/mol. The summed E-state index contributed by atoms with van der Waals surface area (Å²) in [6.07, 6.45) is 0. The number of amides is 1. The Bertz CT molecular complexity index is 170. The summed E-state index contributed by atoms with van der Waals surface area (Å²) >= 11 is 0. The molecule has 1 unspecified atom stereocenters. The van der Waals surface area contributed by atoms with Gasteiger partial charge in [-0.25, -0.2) is 0 Å². The van der Waals surface area contributed by atoms with Gasteiger partial charge in [0.2, 0.25) is 5.91 Å². The summed E-state index contributed by atoms with van der Waals surface area (Å²) in [6, 6.07) is -0.411. The largest absolute Gasteiger partial charge is 0.380 e. The Hall–Kier alpha value is -0.610. The van der Waals surface area contributed by atoms with E-state index in [1.807, 2.05) is 20.8 Å². The Labute approximate surface area is 86.2 Å². The summed E-state index contributed by atoms with van der Waals surface area (Å²) in [5, 5.41) is 2.86. The molecule has 14 heavy (non-hydrogen) atoms. The zero-order chi connectivity index (χ0) is 11.1. The molecule has 0 rings (SSSR count). The molecule has 3 N–H and O–H groups in total. The molecule has 84 valence electrons. The lowest BCUT2D eigenvalue weighted by atomic mass is 10.1. The number of ether oxygens (including phenoxy) is 1. The molecule has 0 bridgehead atoms. The van der Waals surface area contributed by atoms with Crippen molar-refractivity contribution >= 4 is 5.91 Å². The Morgan fingerprint density at radius 1 is 1.43 bits per heavy atom. The van der Waals surface area contributed by atoms with Crippen molar-refractivity contribution in [3.8, 4) is 0 Å². The lowest BCUT2D eigenvalue weighted by molar-refractivity contribution is -0.123. The predicted octanol–water partition coefficient (Wildman–Crippen LogP) is 0.511. The maximum Gasteiger partial charge on any atom is 0.236 e. The van der Waals surface area contributed by atoms with Crippen LogP contribution in [0, 0.1) is 5.92 Å². The van der Waals surface area contributed by atoms with Gasteiger partial charge in [-0.2, -0.15) is 0 Å². The van der Waals surface area contributed by atoms with Crippen molar-refractivity contribution in [2.24, 2.45) is 11.7 Å². The first-order valence-electron chi connectivity index (χ1n) is 5.12. The third-order valence-corrected chi connectivity index (χ3v) is 2.05. The molecule has 0 fully saturated rings. The minimum atomic E-state index is -0.460. The van der Waals surface area contributed by atoms with E-state index in [0.29, 0.717) is 19.1 Å². The van der Waals surface area contributed by atoms with Crippen LogP contribution in [0.3, 0.4) is 0 Å². The molecule has 0 aromatic carbocycles. The van der Waals surface area contributed by atoms with Gasteiger partial charge in [-0.3, -0.25) is 4.79 Å². The fourth-order valence-electron chi connectivity index (χ4n) is 0.960. The smallest absolute Gasteiger partial charge is 0.236 e. The van der Waals surface area contributed by atoms with Crippen LogP contribution in [0.15, 0.2) is 0 Å². The first kappa shape index (κ1) is 13.4. The third-order valence-electron chi connectivity index (χ3n) is 2.05. The van der Waals surface area contributed by atoms with Gasteiger partial charge < -0.3 is 15.8 Å². The summed E-state index contributed by atoms with van der Waals surface area (Å²) in [6.45, 7) is 8.92. The fraction of sp³-hybridized carbons (Fsp3) is 0.900. The molecule has 0 radical (unpaired) electrons. The van der Waals surface area contributed by atoms with E-state index in [9.17, 15) is 4.79 Å². The molecule has 0 aliphatic rings. The van der Waals surface area contributed by atoms with Crippen molar-refractivity contribution in [3.05, 3.63) is 0 Å². The highest BCUT2D eigenvalue weighted by Gasteiger charge is 2.17. The Morgan fingerprint density at radius 3 is 2.36 bits per heavy atom. The molecule has 1 amide bonds. The predicted molar refractivity (Wildman–Crippen MR) is 56.9 cm³/mol. The highest BCUT2D eigenvalue weighted by molar-refractivity contribution is 5.81. The lowest BCUT2D eigenvalue weighted by Gasteiger charge is -2.23. The first-order valence-corrected chi connectivity index (χ1v) is 5.12. The molecule has 0 aromatic heterocycles. The Balaban J connectivity index is 4.02. The second kappa shape index (κ2) is 6.79. The molecule has 0 heterocycles. The van der Waals surface area contributed by atoms with Crippen molar-refractivity contribution < 1.29 is 9.53 Å². The van der Waals surface area contributed by atoms with Crippen LogP contribution in [0.25, 0.3) is 0 Å².